The van der Waals surface area contributed by atoms with E-state index in [1.54, 1.807) is 48.9 Å². The SMILES string of the molecule is COC[C@@H](C)n1c(Cc2cc(F)c(-c3cccc(OCc4ccc(C)cc4F)n3)cc2F)nc2ccc(C(=O)O)cc21. The average molecular weight is 576 g/mol. The quantitative estimate of drug-likeness (QED) is 0.195. The van der Waals surface area contributed by atoms with Gasteiger partial charge in [0.2, 0.25) is 5.88 Å². The van der Waals surface area contributed by atoms with Crippen molar-refractivity contribution in [1.29, 1.82) is 0 Å². The Morgan fingerprint density at radius 2 is 1.74 bits per heavy atom. The van der Waals surface area contributed by atoms with Crippen LogP contribution in [0, 0.1) is 24.4 Å². The maximum Gasteiger partial charge on any atom is 0.335 e. The van der Waals surface area contributed by atoms with Crippen molar-refractivity contribution in [3.8, 4) is 17.1 Å². The van der Waals surface area contributed by atoms with Crippen LogP contribution in [0.2, 0.25) is 0 Å². The second kappa shape index (κ2) is 12.0. The third-order valence-corrected chi connectivity index (χ3v) is 6.93. The zero-order valence-electron chi connectivity index (χ0n) is 23.2. The van der Waals surface area contributed by atoms with Gasteiger partial charge in [-0.3, -0.25) is 0 Å². The zero-order valence-corrected chi connectivity index (χ0v) is 23.2. The fourth-order valence-corrected chi connectivity index (χ4v) is 4.86. The molecule has 0 aliphatic carbocycles. The van der Waals surface area contributed by atoms with Crippen LogP contribution in [-0.2, 0) is 17.8 Å². The van der Waals surface area contributed by atoms with Gasteiger partial charge in [-0.15, -0.1) is 0 Å². The number of aromatic nitrogens is 3. The number of imidazole rings is 1. The van der Waals surface area contributed by atoms with E-state index in [4.69, 9.17) is 9.47 Å². The number of carboxylic acid groups (broad SMARTS) is 1. The molecule has 2 aromatic heterocycles. The molecule has 0 saturated carbocycles. The molecule has 10 heteroatoms. The molecule has 7 nitrogen and oxygen atoms in total. The normalized spacial score (nSPS) is 12.0. The number of carboxylic acids is 1. The van der Waals surface area contributed by atoms with Crippen molar-refractivity contribution >= 4 is 17.0 Å². The van der Waals surface area contributed by atoms with E-state index < -0.39 is 23.4 Å². The van der Waals surface area contributed by atoms with Gasteiger partial charge in [0, 0.05) is 30.7 Å². The van der Waals surface area contributed by atoms with Crippen molar-refractivity contribution in [2.75, 3.05) is 13.7 Å². The monoisotopic (exact) mass is 575 g/mol. The first kappa shape index (κ1) is 28.8. The van der Waals surface area contributed by atoms with Gasteiger partial charge in [0.15, 0.2) is 0 Å². The molecule has 0 unspecified atom stereocenters. The molecule has 3 aromatic carbocycles. The minimum atomic E-state index is -1.08. The smallest absolute Gasteiger partial charge is 0.335 e. The number of carbonyl (C=O) groups is 1. The molecule has 0 aliphatic heterocycles. The lowest BCUT2D eigenvalue weighted by molar-refractivity contribution is 0.0697. The molecule has 0 aliphatic rings. The van der Waals surface area contributed by atoms with Gasteiger partial charge in [-0.05, 0) is 67.4 Å². The molecule has 42 heavy (non-hydrogen) atoms. The van der Waals surface area contributed by atoms with E-state index in [0.717, 1.165) is 17.7 Å². The van der Waals surface area contributed by atoms with E-state index in [0.29, 0.717) is 29.0 Å². The van der Waals surface area contributed by atoms with E-state index in [1.807, 2.05) is 6.92 Å². The summed E-state index contributed by atoms with van der Waals surface area (Å²) in [4.78, 5) is 20.5. The molecule has 0 fully saturated rings. The molecular formula is C32H28F3N3O4. The van der Waals surface area contributed by atoms with Crippen molar-refractivity contribution in [3.63, 3.8) is 0 Å². The highest BCUT2D eigenvalue weighted by molar-refractivity contribution is 5.92. The summed E-state index contributed by atoms with van der Waals surface area (Å²) < 4.78 is 57.7. The molecule has 216 valence electrons. The number of hydrogen-bond acceptors (Lipinski definition) is 5. The molecule has 1 N–H and O–H groups in total. The molecule has 5 rings (SSSR count). The van der Waals surface area contributed by atoms with Gasteiger partial charge in [0.05, 0.1) is 34.9 Å². The highest BCUT2D eigenvalue weighted by Gasteiger charge is 2.21. The standard InChI is InChI=1S/C32H28F3N3O4/c1-18-7-8-21(24(33)11-18)17-42-31-6-4-5-27(37-31)23-15-25(34)22(12-26(23)35)14-30-36-28-10-9-20(32(39)40)13-29(28)38(30)19(2)16-41-3/h4-13,15,19H,14,16-17H2,1-3H3,(H,39,40)/t19-/m1/s1. The van der Waals surface area contributed by atoms with Crippen LogP contribution in [0.5, 0.6) is 5.88 Å². The molecule has 2 heterocycles. The summed E-state index contributed by atoms with van der Waals surface area (Å²) in [7, 11) is 1.54. The van der Waals surface area contributed by atoms with Gasteiger partial charge < -0.3 is 19.1 Å². The number of aromatic carboxylic acids is 1. The number of benzene rings is 3. The van der Waals surface area contributed by atoms with Crippen LogP contribution in [-0.4, -0.2) is 39.3 Å². The fraction of sp³-hybridized carbons (Fsp3) is 0.219. The number of methoxy groups -OCH3 is 1. The number of pyridine rings is 1. The van der Waals surface area contributed by atoms with Crippen LogP contribution in [0.15, 0.2) is 66.7 Å². The second-order valence-electron chi connectivity index (χ2n) is 10.1. The predicted octanol–water partition coefficient (Wildman–Crippen LogP) is 6.90. The van der Waals surface area contributed by atoms with Crippen LogP contribution >= 0.6 is 0 Å². The average Bonchev–Trinajstić information content (AvgIpc) is 3.31. The van der Waals surface area contributed by atoms with Crippen LogP contribution in [0.25, 0.3) is 22.3 Å². The molecule has 5 aromatic rings. The van der Waals surface area contributed by atoms with Crippen molar-refractivity contribution in [1.82, 2.24) is 14.5 Å². The Kier molecular flexibility index (Phi) is 8.26. The molecule has 1 atom stereocenters. The fourth-order valence-electron chi connectivity index (χ4n) is 4.86. The molecule has 0 saturated heterocycles. The largest absolute Gasteiger partial charge is 0.478 e. The summed E-state index contributed by atoms with van der Waals surface area (Å²) in [6.07, 6.45) is -0.0487. The van der Waals surface area contributed by atoms with Crippen LogP contribution < -0.4 is 4.74 Å². The number of ether oxygens (including phenoxy) is 2. The van der Waals surface area contributed by atoms with E-state index in [9.17, 15) is 14.3 Å². The zero-order chi connectivity index (χ0) is 30.0. The van der Waals surface area contributed by atoms with E-state index in [-0.39, 0.29) is 47.3 Å². The van der Waals surface area contributed by atoms with Gasteiger partial charge in [0.25, 0.3) is 0 Å². The molecule has 0 amide bonds. The highest BCUT2D eigenvalue weighted by atomic mass is 19.1. The Labute approximate surface area is 240 Å². The Hall–Kier alpha value is -4.70. The van der Waals surface area contributed by atoms with Crippen molar-refractivity contribution in [3.05, 3.63) is 112 Å². The Morgan fingerprint density at radius 3 is 2.48 bits per heavy atom. The number of fused-ring (bicyclic) bond motifs is 1. The summed E-state index contributed by atoms with van der Waals surface area (Å²) in [5.74, 6) is -2.27. The highest BCUT2D eigenvalue weighted by Crippen LogP contribution is 2.29. The van der Waals surface area contributed by atoms with Gasteiger partial charge in [0.1, 0.15) is 29.9 Å². The minimum Gasteiger partial charge on any atom is -0.478 e. The number of hydrogen-bond donors (Lipinski definition) is 1. The minimum absolute atomic E-state index is 0.0487. The topological polar surface area (TPSA) is 86.5 Å². The summed E-state index contributed by atoms with van der Waals surface area (Å²) in [5, 5.41) is 9.45. The van der Waals surface area contributed by atoms with Crippen LogP contribution in [0.1, 0.15) is 45.8 Å². The summed E-state index contributed by atoms with van der Waals surface area (Å²) in [6, 6.07) is 15.9. The van der Waals surface area contributed by atoms with Gasteiger partial charge in [-0.2, -0.15) is 0 Å². The van der Waals surface area contributed by atoms with Gasteiger partial charge in [-0.25, -0.2) is 27.9 Å². The van der Waals surface area contributed by atoms with E-state index in [2.05, 4.69) is 9.97 Å². The molecule has 0 spiro atoms. The first-order chi connectivity index (χ1) is 20.1. The summed E-state index contributed by atoms with van der Waals surface area (Å²) in [5.41, 5.74) is 2.46. The maximum atomic E-state index is 15.4. The van der Waals surface area contributed by atoms with Crippen molar-refractivity contribution < 1.29 is 32.5 Å². The predicted molar refractivity (Wildman–Crippen MR) is 151 cm³/mol. The van der Waals surface area contributed by atoms with E-state index >= 15 is 8.78 Å². The molecule has 0 radical (unpaired) electrons. The van der Waals surface area contributed by atoms with Gasteiger partial charge in [-0.1, -0.05) is 18.2 Å². The number of rotatable bonds is 10. The molecular weight excluding hydrogens is 547 g/mol. The second-order valence-corrected chi connectivity index (χ2v) is 10.1. The van der Waals surface area contributed by atoms with Crippen LogP contribution in [0.4, 0.5) is 13.2 Å². The van der Waals surface area contributed by atoms with Crippen molar-refractivity contribution in [2.45, 2.75) is 32.9 Å². The Morgan fingerprint density at radius 1 is 0.952 bits per heavy atom. The van der Waals surface area contributed by atoms with Crippen LogP contribution in [0.3, 0.4) is 0 Å². The third-order valence-electron chi connectivity index (χ3n) is 6.93. The summed E-state index contributed by atoms with van der Waals surface area (Å²) >= 11 is 0. The van der Waals surface area contributed by atoms with Gasteiger partial charge >= 0.3 is 5.97 Å². The van der Waals surface area contributed by atoms with Crippen molar-refractivity contribution in [2.24, 2.45) is 0 Å². The Bertz CT molecular complexity index is 1790. The lowest BCUT2D eigenvalue weighted by atomic mass is 10.0. The third kappa shape index (κ3) is 5.99. The lowest BCUT2D eigenvalue weighted by Gasteiger charge is -2.17. The maximum absolute atomic E-state index is 15.4. The number of aryl methyl sites for hydroxylation is 1. The Balaban J connectivity index is 1.44. The number of halogens is 3. The molecule has 0 bridgehead atoms. The number of nitrogens with zero attached hydrogens (tertiary/aromatic N) is 3. The lowest BCUT2D eigenvalue weighted by Crippen LogP contribution is -2.15. The summed E-state index contributed by atoms with van der Waals surface area (Å²) in [6.45, 7) is 3.88. The first-order valence-electron chi connectivity index (χ1n) is 13.2. The first-order valence-corrected chi connectivity index (χ1v) is 13.2. The van der Waals surface area contributed by atoms with E-state index in [1.165, 1.54) is 24.3 Å².